The van der Waals surface area contributed by atoms with Gasteiger partial charge in [0, 0.05) is 13.1 Å². The maximum atomic E-state index is 5.55. The maximum Gasteiger partial charge on any atom is 0.167 e. The average Bonchev–Trinajstić information content (AvgIpc) is 2.12. The van der Waals surface area contributed by atoms with Gasteiger partial charge in [0.15, 0.2) is 6.79 Å². The summed E-state index contributed by atoms with van der Waals surface area (Å²) >= 11 is 0. The average molecular weight is 199 g/mol. The molecule has 14 heavy (non-hydrogen) atoms. The standard InChI is InChI=1S/C11H21NO2/c1-10-5-7-12(8-6-10)14-9-13-11-3-2-4-11/h10-11H,2-9H2,1H3. The van der Waals surface area contributed by atoms with Crippen LogP contribution in [0.1, 0.15) is 39.0 Å². The highest BCUT2D eigenvalue weighted by molar-refractivity contribution is 4.68. The van der Waals surface area contributed by atoms with Crippen LogP contribution in [0.3, 0.4) is 0 Å². The molecule has 2 fully saturated rings. The molecule has 0 bridgehead atoms. The monoisotopic (exact) mass is 199 g/mol. The molecular formula is C11H21NO2. The van der Waals surface area contributed by atoms with Gasteiger partial charge in [0.1, 0.15) is 0 Å². The Kier molecular flexibility index (Phi) is 3.79. The minimum absolute atomic E-state index is 0.457. The zero-order valence-electron chi connectivity index (χ0n) is 9.08. The van der Waals surface area contributed by atoms with E-state index >= 15 is 0 Å². The van der Waals surface area contributed by atoms with Gasteiger partial charge < -0.3 is 4.74 Å². The number of rotatable bonds is 4. The lowest BCUT2D eigenvalue weighted by molar-refractivity contribution is -0.249. The molecule has 0 amide bonds. The van der Waals surface area contributed by atoms with Crippen LogP contribution in [-0.4, -0.2) is 31.0 Å². The first-order valence-electron chi connectivity index (χ1n) is 5.84. The summed E-state index contributed by atoms with van der Waals surface area (Å²) in [5, 5.41) is 2.05. The predicted octanol–water partition coefficient (Wildman–Crippen LogP) is 2.18. The van der Waals surface area contributed by atoms with Crippen LogP contribution in [0.25, 0.3) is 0 Å². The smallest absolute Gasteiger partial charge is 0.167 e. The summed E-state index contributed by atoms with van der Waals surface area (Å²) in [6.45, 7) is 4.89. The molecule has 1 saturated carbocycles. The lowest BCUT2D eigenvalue weighted by Gasteiger charge is -2.31. The number of hydroxylamine groups is 2. The van der Waals surface area contributed by atoms with Crippen LogP contribution < -0.4 is 0 Å². The van der Waals surface area contributed by atoms with Gasteiger partial charge in [-0.05, 0) is 38.0 Å². The predicted molar refractivity (Wildman–Crippen MR) is 54.6 cm³/mol. The van der Waals surface area contributed by atoms with E-state index in [0.717, 1.165) is 19.0 Å². The number of ether oxygens (including phenoxy) is 1. The second-order valence-corrected chi connectivity index (χ2v) is 4.58. The molecule has 1 saturated heterocycles. The van der Waals surface area contributed by atoms with Gasteiger partial charge in [0.05, 0.1) is 6.10 Å². The van der Waals surface area contributed by atoms with Gasteiger partial charge in [0.25, 0.3) is 0 Å². The molecular weight excluding hydrogens is 178 g/mol. The summed E-state index contributed by atoms with van der Waals surface area (Å²) in [5.41, 5.74) is 0. The van der Waals surface area contributed by atoms with Crippen molar-refractivity contribution in [3.05, 3.63) is 0 Å². The highest BCUT2D eigenvalue weighted by Gasteiger charge is 2.19. The van der Waals surface area contributed by atoms with E-state index in [0.29, 0.717) is 12.9 Å². The largest absolute Gasteiger partial charge is 0.350 e. The lowest BCUT2D eigenvalue weighted by atomic mass is 9.96. The van der Waals surface area contributed by atoms with Crippen LogP contribution in [0.4, 0.5) is 0 Å². The van der Waals surface area contributed by atoms with Gasteiger partial charge in [-0.1, -0.05) is 6.92 Å². The molecule has 0 aromatic heterocycles. The maximum absolute atomic E-state index is 5.55. The Morgan fingerprint density at radius 2 is 1.86 bits per heavy atom. The summed E-state index contributed by atoms with van der Waals surface area (Å²) in [5.74, 6) is 0.863. The van der Waals surface area contributed by atoms with Crippen molar-refractivity contribution in [2.45, 2.75) is 45.1 Å². The summed E-state index contributed by atoms with van der Waals surface area (Å²) in [6.07, 6.45) is 6.76. The molecule has 0 unspecified atom stereocenters. The molecule has 0 N–H and O–H groups in total. The zero-order chi connectivity index (χ0) is 9.80. The van der Waals surface area contributed by atoms with Crippen LogP contribution in [0.5, 0.6) is 0 Å². The van der Waals surface area contributed by atoms with E-state index in [1.165, 1.54) is 32.1 Å². The molecule has 1 aliphatic heterocycles. The number of nitrogens with zero attached hydrogens (tertiary/aromatic N) is 1. The van der Waals surface area contributed by atoms with Gasteiger partial charge >= 0.3 is 0 Å². The van der Waals surface area contributed by atoms with Crippen molar-refractivity contribution >= 4 is 0 Å². The highest BCUT2D eigenvalue weighted by Crippen LogP contribution is 2.22. The SMILES string of the molecule is CC1CCN(OCOC2CCC2)CC1. The molecule has 0 radical (unpaired) electrons. The molecule has 0 spiro atoms. The fourth-order valence-electron chi connectivity index (χ4n) is 1.85. The molecule has 82 valence electrons. The molecule has 3 heteroatoms. The van der Waals surface area contributed by atoms with Crippen molar-refractivity contribution in [1.29, 1.82) is 0 Å². The van der Waals surface area contributed by atoms with E-state index in [4.69, 9.17) is 9.57 Å². The van der Waals surface area contributed by atoms with Crippen LogP contribution >= 0.6 is 0 Å². The van der Waals surface area contributed by atoms with Gasteiger partial charge in [-0.3, -0.25) is 4.84 Å². The third-order valence-corrected chi connectivity index (χ3v) is 3.33. The Hall–Kier alpha value is -0.120. The van der Waals surface area contributed by atoms with Crippen LogP contribution in [0, 0.1) is 5.92 Å². The van der Waals surface area contributed by atoms with E-state index in [1.807, 2.05) is 0 Å². The highest BCUT2D eigenvalue weighted by atomic mass is 16.8. The second-order valence-electron chi connectivity index (χ2n) is 4.58. The summed E-state index contributed by atoms with van der Waals surface area (Å²) in [7, 11) is 0. The van der Waals surface area contributed by atoms with Crippen LogP contribution in [0.2, 0.25) is 0 Å². The first-order chi connectivity index (χ1) is 6.84. The van der Waals surface area contributed by atoms with Gasteiger partial charge in [-0.25, -0.2) is 0 Å². The molecule has 2 rings (SSSR count). The van der Waals surface area contributed by atoms with Crippen LogP contribution in [-0.2, 0) is 9.57 Å². The number of piperidine rings is 1. The third-order valence-electron chi connectivity index (χ3n) is 3.33. The molecule has 3 nitrogen and oxygen atoms in total. The first kappa shape index (κ1) is 10.4. The molecule has 2 aliphatic rings. The van der Waals surface area contributed by atoms with Gasteiger partial charge in [-0.2, -0.15) is 5.06 Å². The fourth-order valence-corrected chi connectivity index (χ4v) is 1.85. The number of hydrogen-bond donors (Lipinski definition) is 0. The van der Waals surface area contributed by atoms with Crippen molar-refractivity contribution in [3.63, 3.8) is 0 Å². The normalized spacial score (nSPS) is 26.4. The Labute approximate surface area is 86.3 Å². The number of hydrogen-bond acceptors (Lipinski definition) is 3. The Balaban J connectivity index is 1.52. The van der Waals surface area contributed by atoms with Gasteiger partial charge in [0.2, 0.25) is 0 Å². The molecule has 1 aliphatic carbocycles. The fraction of sp³-hybridized carbons (Fsp3) is 1.00. The lowest BCUT2D eigenvalue weighted by Crippen LogP contribution is -2.34. The topological polar surface area (TPSA) is 21.7 Å². The molecule has 0 aromatic rings. The van der Waals surface area contributed by atoms with Crippen molar-refractivity contribution in [3.8, 4) is 0 Å². The first-order valence-corrected chi connectivity index (χ1v) is 5.84. The minimum atomic E-state index is 0.457. The Bertz CT molecular complexity index is 163. The van der Waals surface area contributed by atoms with Gasteiger partial charge in [-0.15, -0.1) is 0 Å². The summed E-state index contributed by atoms with van der Waals surface area (Å²) in [6, 6.07) is 0. The van der Waals surface area contributed by atoms with Crippen molar-refractivity contribution in [2.75, 3.05) is 19.9 Å². The molecule has 0 atom stereocenters. The van der Waals surface area contributed by atoms with E-state index in [-0.39, 0.29) is 0 Å². The van der Waals surface area contributed by atoms with Crippen LogP contribution in [0.15, 0.2) is 0 Å². The minimum Gasteiger partial charge on any atom is -0.350 e. The van der Waals surface area contributed by atoms with E-state index < -0.39 is 0 Å². The van der Waals surface area contributed by atoms with E-state index in [1.54, 1.807) is 0 Å². The Morgan fingerprint density at radius 3 is 2.43 bits per heavy atom. The summed E-state index contributed by atoms with van der Waals surface area (Å²) in [4.78, 5) is 5.55. The Morgan fingerprint density at radius 1 is 1.14 bits per heavy atom. The van der Waals surface area contributed by atoms with E-state index in [2.05, 4.69) is 12.0 Å². The van der Waals surface area contributed by atoms with Crippen molar-refractivity contribution in [2.24, 2.45) is 5.92 Å². The zero-order valence-corrected chi connectivity index (χ0v) is 9.08. The van der Waals surface area contributed by atoms with Crippen molar-refractivity contribution in [1.82, 2.24) is 5.06 Å². The van der Waals surface area contributed by atoms with Crippen molar-refractivity contribution < 1.29 is 9.57 Å². The molecule has 1 heterocycles. The second kappa shape index (κ2) is 5.10. The third kappa shape index (κ3) is 2.94. The molecule has 0 aromatic carbocycles. The van der Waals surface area contributed by atoms with E-state index in [9.17, 15) is 0 Å². The quantitative estimate of drug-likeness (QED) is 0.648. The summed E-state index contributed by atoms with van der Waals surface area (Å²) < 4.78 is 5.54.